The minimum Gasteiger partial charge on any atom is -0.373 e. The van der Waals surface area contributed by atoms with E-state index in [1.165, 1.54) is 29.3 Å². The Balaban J connectivity index is 1.34. The first kappa shape index (κ1) is 20.8. The minimum absolute atomic E-state index is 0.0156. The second-order valence-electron chi connectivity index (χ2n) is 8.29. The van der Waals surface area contributed by atoms with E-state index >= 15 is 0 Å². The molecule has 4 unspecified atom stereocenters. The smallest absolute Gasteiger partial charge is 0.191 e. The quantitative estimate of drug-likeness (QED) is 0.562. The Kier molecular flexibility index (Phi) is 6.32. The molecule has 1 aliphatic carbocycles. The van der Waals surface area contributed by atoms with E-state index in [-0.39, 0.29) is 23.6 Å². The van der Waals surface area contributed by atoms with Crippen molar-refractivity contribution in [1.82, 2.24) is 10.6 Å². The molecule has 2 aromatic rings. The second kappa shape index (κ2) is 9.13. The third-order valence-electron chi connectivity index (χ3n) is 6.09. The molecule has 0 spiro atoms. The number of rotatable bonds is 5. The number of aliphatic imine (C=N–C) groups is 1. The molecule has 2 fully saturated rings. The number of hydrogen-bond donors (Lipinski definition) is 2. The van der Waals surface area contributed by atoms with Crippen LogP contribution in [-0.4, -0.2) is 32.2 Å². The van der Waals surface area contributed by atoms with Gasteiger partial charge < -0.3 is 15.4 Å². The number of halogens is 2. The highest BCUT2D eigenvalue weighted by Gasteiger charge is 2.42. The summed E-state index contributed by atoms with van der Waals surface area (Å²) in [6.07, 6.45) is 2.87. The van der Waals surface area contributed by atoms with Crippen molar-refractivity contribution in [3.05, 3.63) is 70.8 Å². The molecule has 160 valence electrons. The number of guanidine groups is 1. The predicted octanol–water partition coefficient (Wildman–Crippen LogP) is 4.46. The molecule has 0 amide bonds. The van der Waals surface area contributed by atoms with Crippen molar-refractivity contribution in [2.24, 2.45) is 10.9 Å². The van der Waals surface area contributed by atoms with E-state index in [1.54, 1.807) is 7.05 Å². The lowest BCUT2D eigenvalue weighted by atomic mass is 9.89. The van der Waals surface area contributed by atoms with E-state index < -0.39 is 11.6 Å². The molecule has 2 aliphatic rings. The molecule has 0 aromatic heterocycles. The predicted molar refractivity (Wildman–Crippen MR) is 115 cm³/mol. The van der Waals surface area contributed by atoms with Crippen LogP contribution in [0, 0.1) is 24.5 Å². The molecule has 6 heteroatoms. The fraction of sp³-hybridized carbons (Fsp3) is 0.458. The molecule has 30 heavy (non-hydrogen) atoms. The van der Waals surface area contributed by atoms with Crippen LogP contribution in [0.5, 0.6) is 0 Å². The zero-order valence-corrected chi connectivity index (χ0v) is 17.5. The van der Waals surface area contributed by atoms with Crippen LogP contribution in [0.3, 0.4) is 0 Å². The molecule has 2 N–H and O–H groups in total. The summed E-state index contributed by atoms with van der Waals surface area (Å²) in [5.41, 5.74) is 2.61. The highest BCUT2D eigenvalue weighted by atomic mass is 19.1. The Bertz CT molecular complexity index is 880. The number of nitrogens with one attached hydrogen (secondary N) is 2. The average Bonchev–Trinajstić information content (AvgIpc) is 3.50. The number of aryl methyl sites for hydroxylation is 1. The van der Waals surface area contributed by atoms with Crippen molar-refractivity contribution in [2.75, 3.05) is 20.2 Å². The molecule has 4 nitrogen and oxygen atoms in total. The number of nitrogens with zero attached hydrogens (tertiary/aromatic N) is 1. The van der Waals surface area contributed by atoms with E-state index in [9.17, 15) is 8.78 Å². The summed E-state index contributed by atoms with van der Waals surface area (Å²) in [5.74, 6) is -0.130. The topological polar surface area (TPSA) is 45.7 Å². The van der Waals surface area contributed by atoms with Crippen LogP contribution < -0.4 is 10.6 Å². The van der Waals surface area contributed by atoms with Gasteiger partial charge in [0.25, 0.3) is 0 Å². The van der Waals surface area contributed by atoms with Crippen molar-refractivity contribution >= 4 is 5.96 Å². The first-order valence-corrected chi connectivity index (χ1v) is 10.7. The Labute approximate surface area is 176 Å². The largest absolute Gasteiger partial charge is 0.373 e. The van der Waals surface area contributed by atoms with Gasteiger partial charge in [0, 0.05) is 43.6 Å². The van der Waals surface area contributed by atoms with Gasteiger partial charge in [-0.05, 0) is 43.9 Å². The van der Waals surface area contributed by atoms with E-state index in [1.807, 2.05) is 0 Å². The van der Waals surface area contributed by atoms with Crippen LogP contribution in [0.1, 0.15) is 48.0 Å². The van der Waals surface area contributed by atoms with Gasteiger partial charge in [-0.25, -0.2) is 8.78 Å². The molecule has 4 rings (SSSR count). The van der Waals surface area contributed by atoms with Gasteiger partial charge in [-0.2, -0.15) is 0 Å². The molecular weight excluding hydrogens is 384 g/mol. The molecule has 0 radical (unpaired) electrons. The highest BCUT2D eigenvalue weighted by Crippen LogP contribution is 2.43. The summed E-state index contributed by atoms with van der Waals surface area (Å²) < 4.78 is 34.1. The summed E-state index contributed by atoms with van der Waals surface area (Å²) in [6.45, 7) is 3.59. The van der Waals surface area contributed by atoms with Gasteiger partial charge in [0.1, 0.15) is 11.6 Å². The van der Waals surface area contributed by atoms with Crippen LogP contribution in [-0.2, 0) is 4.74 Å². The van der Waals surface area contributed by atoms with Crippen molar-refractivity contribution in [3.8, 4) is 0 Å². The fourth-order valence-electron chi connectivity index (χ4n) is 4.31. The van der Waals surface area contributed by atoms with Crippen molar-refractivity contribution < 1.29 is 13.5 Å². The zero-order chi connectivity index (χ0) is 21.1. The zero-order valence-electron chi connectivity index (χ0n) is 17.5. The van der Waals surface area contributed by atoms with E-state index in [4.69, 9.17) is 4.74 Å². The minimum atomic E-state index is -0.479. The monoisotopic (exact) mass is 413 g/mol. The SMILES string of the molecule is CN=C(NCC1CCCOC1c1ccc(C)cc1)NC1CC1c1c(F)cccc1F. The Hall–Kier alpha value is -2.47. The first-order chi connectivity index (χ1) is 14.6. The maximum absolute atomic E-state index is 14.0. The van der Waals surface area contributed by atoms with Gasteiger partial charge in [0.2, 0.25) is 0 Å². The third-order valence-corrected chi connectivity index (χ3v) is 6.09. The van der Waals surface area contributed by atoms with Crippen LogP contribution in [0.15, 0.2) is 47.5 Å². The molecule has 2 aromatic carbocycles. The van der Waals surface area contributed by atoms with Gasteiger partial charge in [-0.3, -0.25) is 4.99 Å². The normalized spacial score (nSPS) is 26.3. The molecule has 0 bridgehead atoms. The van der Waals surface area contributed by atoms with Crippen LogP contribution >= 0.6 is 0 Å². The van der Waals surface area contributed by atoms with Crippen LogP contribution in [0.4, 0.5) is 8.78 Å². The summed E-state index contributed by atoms with van der Waals surface area (Å²) >= 11 is 0. The molecular formula is C24H29F2N3O. The van der Waals surface area contributed by atoms with Gasteiger partial charge in [0.05, 0.1) is 6.10 Å². The van der Waals surface area contributed by atoms with Gasteiger partial charge >= 0.3 is 0 Å². The lowest BCUT2D eigenvalue weighted by Crippen LogP contribution is -2.43. The van der Waals surface area contributed by atoms with Crippen LogP contribution in [0.2, 0.25) is 0 Å². The Morgan fingerprint density at radius 3 is 2.57 bits per heavy atom. The lowest BCUT2D eigenvalue weighted by molar-refractivity contribution is -0.0265. The fourth-order valence-corrected chi connectivity index (χ4v) is 4.31. The maximum Gasteiger partial charge on any atom is 0.191 e. The Morgan fingerprint density at radius 2 is 1.87 bits per heavy atom. The number of hydrogen-bond acceptors (Lipinski definition) is 2. The third kappa shape index (κ3) is 4.64. The first-order valence-electron chi connectivity index (χ1n) is 10.7. The molecule has 1 saturated heterocycles. The molecule has 4 atom stereocenters. The van der Waals surface area contributed by atoms with Crippen molar-refractivity contribution in [2.45, 2.75) is 44.2 Å². The number of benzene rings is 2. The molecule has 1 aliphatic heterocycles. The van der Waals surface area contributed by atoms with Gasteiger partial charge in [-0.1, -0.05) is 35.9 Å². The van der Waals surface area contributed by atoms with E-state index in [2.05, 4.69) is 46.8 Å². The maximum atomic E-state index is 14.0. The summed E-state index contributed by atoms with van der Waals surface area (Å²) in [7, 11) is 1.71. The van der Waals surface area contributed by atoms with Gasteiger partial charge in [-0.15, -0.1) is 0 Å². The summed E-state index contributed by atoms with van der Waals surface area (Å²) in [4.78, 5) is 4.30. The lowest BCUT2D eigenvalue weighted by Gasteiger charge is -2.32. The summed E-state index contributed by atoms with van der Waals surface area (Å²) in [5, 5.41) is 6.70. The van der Waals surface area contributed by atoms with E-state index in [0.717, 1.165) is 26.0 Å². The average molecular weight is 414 g/mol. The molecule has 1 saturated carbocycles. The second-order valence-corrected chi connectivity index (χ2v) is 8.29. The highest BCUT2D eigenvalue weighted by molar-refractivity contribution is 5.80. The Morgan fingerprint density at radius 1 is 1.13 bits per heavy atom. The molecule has 1 heterocycles. The number of ether oxygens (including phenoxy) is 1. The summed E-state index contributed by atoms with van der Waals surface area (Å²) in [6, 6.07) is 12.5. The standard InChI is InChI=1S/C24H29F2N3O/c1-15-8-10-16(11-9-15)23-17(5-4-12-30-23)14-28-24(27-2)29-21-13-18(21)22-19(25)6-3-7-20(22)26/h3,6-11,17-18,21,23H,4-5,12-14H2,1-2H3,(H2,27,28,29). The van der Waals surface area contributed by atoms with Crippen molar-refractivity contribution in [3.63, 3.8) is 0 Å². The van der Waals surface area contributed by atoms with Crippen LogP contribution in [0.25, 0.3) is 0 Å². The van der Waals surface area contributed by atoms with Gasteiger partial charge in [0.15, 0.2) is 5.96 Å². The van der Waals surface area contributed by atoms with E-state index in [0.29, 0.717) is 18.3 Å². The van der Waals surface area contributed by atoms with Crippen molar-refractivity contribution in [1.29, 1.82) is 0 Å².